The third kappa shape index (κ3) is 3.66. The van der Waals surface area contributed by atoms with E-state index in [1.165, 1.54) is 12.1 Å². The lowest BCUT2D eigenvalue weighted by Gasteiger charge is -2.23. The summed E-state index contributed by atoms with van der Waals surface area (Å²) >= 11 is 0. The summed E-state index contributed by atoms with van der Waals surface area (Å²) in [5.74, 6) is -0.710. The van der Waals surface area contributed by atoms with Crippen molar-refractivity contribution in [3.05, 3.63) is 33.9 Å². The highest BCUT2D eigenvalue weighted by Crippen LogP contribution is 2.33. The molecule has 23 heavy (non-hydrogen) atoms. The molecule has 2 heterocycles. The second-order valence-corrected chi connectivity index (χ2v) is 5.33. The van der Waals surface area contributed by atoms with E-state index < -0.39 is 23.3 Å². The molecular formula is C15H17NO7. The van der Waals surface area contributed by atoms with Crippen LogP contribution in [0.1, 0.15) is 31.1 Å². The normalized spacial score (nSPS) is 22.0. The van der Waals surface area contributed by atoms with Gasteiger partial charge >= 0.3 is 11.7 Å². The van der Waals surface area contributed by atoms with E-state index in [1.54, 1.807) is 6.07 Å². The van der Waals surface area contributed by atoms with Crippen LogP contribution in [0.3, 0.4) is 0 Å². The van der Waals surface area contributed by atoms with E-state index >= 15 is 0 Å². The van der Waals surface area contributed by atoms with Crippen molar-refractivity contribution in [2.45, 2.75) is 31.7 Å². The Morgan fingerprint density at radius 3 is 2.57 bits per heavy atom. The Balaban J connectivity index is 1.79. The third-order valence-electron chi connectivity index (χ3n) is 3.68. The van der Waals surface area contributed by atoms with Gasteiger partial charge in [-0.15, -0.1) is 0 Å². The average Bonchev–Trinajstić information content (AvgIpc) is 3.10. The van der Waals surface area contributed by atoms with Crippen molar-refractivity contribution >= 4 is 11.7 Å². The SMILES string of the molecule is O=C(Oc1ccc(C2OCCCO2)cc1[N+](=O)[O-])C1CCCO1. The van der Waals surface area contributed by atoms with Crippen molar-refractivity contribution in [3.63, 3.8) is 0 Å². The molecule has 0 bridgehead atoms. The number of nitrogens with zero attached hydrogens (tertiary/aromatic N) is 1. The minimum atomic E-state index is -0.653. The number of ether oxygens (including phenoxy) is 4. The van der Waals surface area contributed by atoms with Gasteiger partial charge in [0.15, 0.2) is 12.4 Å². The van der Waals surface area contributed by atoms with Crippen molar-refractivity contribution in [1.82, 2.24) is 0 Å². The van der Waals surface area contributed by atoms with Gasteiger partial charge in [0, 0.05) is 18.2 Å². The van der Waals surface area contributed by atoms with Gasteiger partial charge in [0.2, 0.25) is 5.75 Å². The predicted molar refractivity (Wildman–Crippen MR) is 77.0 cm³/mol. The molecule has 0 aromatic heterocycles. The van der Waals surface area contributed by atoms with Gasteiger partial charge in [0.25, 0.3) is 0 Å². The molecule has 2 saturated heterocycles. The Morgan fingerprint density at radius 1 is 1.17 bits per heavy atom. The van der Waals surface area contributed by atoms with E-state index in [0.29, 0.717) is 31.8 Å². The van der Waals surface area contributed by atoms with Crippen LogP contribution in [0.5, 0.6) is 5.75 Å². The molecule has 2 aliphatic heterocycles. The van der Waals surface area contributed by atoms with Crippen molar-refractivity contribution < 1.29 is 28.7 Å². The first-order valence-electron chi connectivity index (χ1n) is 7.50. The Morgan fingerprint density at radius 2 is 1.91 bits per heavy atom. The van der Waals surface area contributed by atoms with Crippen LogP contribution in [0.15, 0.2) is 18.2 Å². The molecule has 0 N–H and O–H groups in total. The van der Waals surface area contributed by atoms with Gasteiger partial charge in [-0.05, 0) is 31.4 Å². The first-order valence-corrected chi connectivity index (χ1v) is 7.50. The van der Waals surface area contributed by atoms with Gasteiger partial charge in [-0.25, -0.2) is 4.79 Å². The average molecular weight is 323 g/mol. The number of hydrogen-bond donors (Lipinski definition) is 0. The fraction of sp³-hybridized carbons (Fsp3) is 0.533. The van der Waals surface area contributed by atoms with Gasteiger partial charge < -0.3 is 18.9 Å². The van der Waals surface area contributed by atoms with Crippen molar-refractivity contribution in [2.75, 3.05) is 19.8 Å². The maximum absolute atomic E-state index is 12.0. The van der Waals surface area contributed by atoms with Crippen molar-refractivity contribution in [1.29, 1.82) is 0 Å². The second-order valence-electron chi connectivity index (χ2n) is 5.33. The predicted octanol–water partition coefficient (Wildman–Crippen LogP) is 2.11. The minimum Gasteiger partial charge on any atom is -0.417 e. The fourth-order valence-corrected chi connectivity index (χ4v) is 2.53. The highest BCUT2D eigenvalue weighted by molar-refractivity contribution is 5.78. The van der Waals surface area contributed by atoms with Gasteiger partial charge in [0.1, 0.15) is 0 Å². The van der Waals surface area contributed by atoms with Gasteiger partial charge in [-0.1, -0.05) is 0 Å². The van der Waals surface area contributed by atoms with Crippen LogP contribution in [0, 0.1) is 10.1 Å². The van der Waals surface area contributed by atoms with Crippen LogP contribution in [0.2, 0.25) is 0 Å². The molecule has 0 spiro atoms. The number of nitro benzene ring substituents is 1. The molecule has 2 aliphatic rings. The van der Waals surface area contributed by atoms with Crippen LogP contribution >= 0.6 is 0 Å². The minimum absolute atomic E-state index is 0.102. The number of esters is 1. The summed E-state index contributed by atoms with van der Waals surface area (Å²) in [6, 6.07) is 4.30. The van der Waals surface area contributed by atoms with E-state index in [2.05, 4.69) is 0 Å². The van der Waals surface area contributed by atoms with Gasteiger partial charge in [0.05, 0.1) is 18.1 Å². The molecule has 0 radical (unpaired) electrons. The molecule has 3 rings (SSSR count). The first kappa shape index (κ1) is 15.9. The Hall–Kier alpha value is -2.03. The van der Waals surface area contributed by atoms with E-state index in [4.69, 9.17) is 18.9 Å². The van der Waals surface area contributed by atoms with Gasteiger partial charge in [-0.3, -0.25) is 10.1 Å². The molecule has 8 heteroatoms. The lowest BCUT2D eigenvalue weighted by atomic mass is 10.1. The highest BCUT2D eigenvalue weighted by Gasteiger charge is 2.29. The molecule has 0 aliphatic carbocycles. The first-order chi connectivity index (χ1) is 11.1. The number of nitro groups is 1. The lowest BCUT2D eigenvalue weighted by Crippen LogP contribution is -2.25. The van der Waals surface area contributed by atoms with Crippen LogP contribution in [0.4, 0.5) is 5.69 Å². The quantitative estimate of drug-likeness (QED) is 0.362. The molecule has 1 atom stereocenters. The van der Waals surface area contributed by atoms with Crippen LogP contribution in [-0.4, -0.2) is 36.8 Å². The van der Waals surface area contributed by atoms with Crippen LogP contribution in [-0.2, 0) is 19.0 Å². The standard InChI is InChI=1S/C15H17NO7/c17-14(13-3-1-6-20-13)23-12-5-4-10(9-11(12)16(18)19)15-21-7-2-8-22-15/h4-5,9,13,15H,1-3,6-8H2. The van der Waals surface area contributed by atoms with Crippen molar-refractivity contribution in [2.24, 2.45) is 0 Å². The summed E-state index contributed by atoms with van der Waals surface area (Å²) < 4.78 is 21.2. The topological polar surface area (TPSA) is 97.1 Å². The van der Waals surface area contributed by atoms with E-state index in [9.17, 15) is 14.9 Å². The molecule has 1 aromatic carbocycles. The zero-order valence-corrected chi connectivity index (χ0v) is 12.4. The Kier molecular flexibility index (Phi) is 4.85. The number of rotatable bonds is 4. The van der Waals surface area contributed by atoms with E-state index in [-0.39, 0.29) is 11.4 Å². The number of carbonyl (C=O) groups excluding carboxylic acids is 1. The number of benzene rings is 1. The molecule has 124 valence electrons. The zero-order valence-electron chi connectivity index (χ0n) is 12.4. The maximum Gasteiger partial charge on any atom is 0.340 e. The summed E-state index contributed by atoms with van der Waals surface area (Å²) in [7, 11) is 0. The third-order valence-corrected chi connectivity index (χ3v) is 3.68. The summed E-state index contributed by atoms with van der Waals surface area (Å²) in [5.41, 5.74) is 0.222. The molecule has 0 saturated carbocycles. The Bertz CT molecular complexity index is 591. The van der Waals surface area contributed by atoms with Crippen LogP contribution in [0.25, 0.3) is 0 Å². The zero-order chi connectivity index (χ0) is 16.2. The molecular weight excluding hydrogens is 306 g/mol. The molecule has 2 fully saturated rings. The molecule has 8 nitrogen and oxygen atoms in total. The summed E-state index contributed by atoms with van der Waals surface area (Å²) in [5, 5.41) is 11.3. The van der Waals surface area contributed by atoms with Crippen molar-refractivity contribution in [3.8, 4) is 5.75 Å². The molecule has 0 amide bonds. The molecule has 1 unspecified atom stereocenters. The maximum atomic E-state index is 12.0. The van der Waals surface area contributed by atoms with E-state index in [1.807, 2.05) is 0 Å². The number of carbonyl (C=O) groups is 1. The second kappa shape index (κ2) is 7.03. The fourth-order valence-electron chi connectivity index (χ4n) is 2.53. The smallest absolute Gasteiger partial charge is 0.340 e. The van der Waals surface area contributed by atoms with E-state index in [0.717, 1.165) is 12.8 Å². The monoisotopic (exact) mass is 323 g/mol. The highest BCUT2D eigenvalue weighted by atomic mass is 16.7. The van der Waals surface area contributed by atoms with Gasteiger partial charge in [-0.2, -0.15) is 0 Å². The van der Waals surface area contributed by atoms with Crippen LogP contribution < -0.4 is 4.74 Å². The lowest BCUT2D eigenvalue weighted by molar-refractivity contribution is -0.385. The summed E-state index contributed by atoms with van der Waals surface area (Å²) in [6.45, 7) is 1.57. The largest absolute Gasteiger partial charge is 0.417 e. The molecule has 1 aromatic rings. The Labute approximate surface area is 132 Å². The summed E-state index contributed by atoms with van der Waals surface area (Å²) in [6.07, 6.45) is 0.839. The summed E-state index contributed by atoms with van der Waals surface area (Å²) in [4.78, 5) is 22.6. The number of hydrogen-bond acceptors (Lipinski definition) is 7.